The van der Waals surface area contributed by atoms with Crippen LogP contribution in [-0.2, 0) is 16.2 Å². The average Bonchev–Trinajstić information content (AvgIpc) is 2.87. The summed E-state index contributed by atoms with van der Waals surface area (Å²) in [5.74, 6) is -4.17. The molecule has 174 valence electrons. The summed E-state index contributed by atoms with van der Waals surface area (Å²) >= 11 is 0. The van der Waals surface area contributed by atoms with Crippen LogP contribution in [0.15, 0.2) is 35.6 Å². The number of primary sulfonamides is 1. The molecule has 14 heteroatoms. The number of pyridine rings is 2. The van der Waals surface area contributed by atoms with E-state index < -0.39 is 56.9 Å². The molecule has 2 aromatic rings. The van der Waals surface area contributed by atoms with Crippen molar-refractivity contribution in [3.8, 4) is 0 Å². The summed E-state index contributed by atoms with van der Waals surface area (Å²) in [4.78, 5) is 21.1. The van der Waals surface area contributed by atoms with Crippen LogP contribution in [0.1, 0.15) is 35.2 Å². The molecule has 0 aliphatic carbocycles. The molecule has 2 aromatic heterocycles. The third kappa shape index (κ3) is 5.68. The number of sulfonamides is 1. The van der Waals surface area contributed by atoms with Crippen molar-refractivity contribution in [2.24, 2.45) is 5.14 Å². The largest absolute Gasteiger partial charge is 0.417 e. The maximum atomic E-state index is 13.7. The van der Waals surface area contributed by atoms with Crippen LogP contribution in [0.25, 0.3) is 0 Å². The number of carbonyl (C=O) groups excluding carboxylic acids is 1. The van der Waals surface area contributed by atoms with Crippen LogP contribution in [-0.4, -0.2) is 43.3 Å². The summed E-state index contributed by atoms with van der Waals surface area (Å²) in [6.07, 6.45) is -3.16. The van der Waals surface area contributed by atoms with Gasteiger partial charge in [0, 0.05) is 38.3 Å². The monoisotopic (exact) mass is 479 g/mol. The fourth-order valence-corrected chi connectivity index (χ4v) is 3.65. The van der Waals surface area contributed by atoms with Crippen molar-refractivity contribution < 1.29 is 35.2 Å². The van der Waals surface area contributed by atoms with Gasteiger partial charge in [0.1, 0.15) is 10.7 Å². The zero-order chi connectivity index (χ0) is 23.7. The predicted octanol–water partition coefficient (Wildman–Crippen LogP) is 3.02. The number of nitrogens with one attached hydrogen (secondary N) is 1. The summed E-state index contributed by atoms with van der Waals surface area (Å²) in [7, 11) is -4.15. The molecule has 0 bridgehead atoms. The highest BCUT2D eigenvalue weighted by Gasteiger charge is 2.35. The van der Waals surface area contributed by atoms with Crippen LogP contribution in [0.5, 0.6) is 0 Å². The Labute approximate surface area is 179 Å². The lowest BCUT2D eigenvalue weighted by atomic mass is 10.1. The molecule has 3 rings (SSSR count). The quantitative estimate of drug-likeness (QED) is 0.651. The van der Waals surface area contributed by atoms with E-state index >= 15 is 0 Å². The van der Waals surface area contributed by atoms with Gasteiger partial charge in [-0.1, -0.05) is 0 Å². The number of alkyl halides is 5. The zero-order valence-electron chi connectivity index (χ0n) is 16.4. The molecule has 1 amide bonds. The molecule has 32 heavy (non-hydrogen) atoms. The third-order valence-electron chi connectivity index (χ3n) is 4.76. The van der Waals surface area contributed by atoms with E-state index in [0.29, 0.717) is 12.3 Å². The summed E-state index contributed by atoms with van der Waals surface area (Å²) in [5.41, 5.74) is -1.86. The molecular formula is C18H18F5N5O3S. The second-order valence-corrected chi connectivity index (χ2v) is 8.76. The topological polar surface area (TPSA) is 118 Å². The second kappa shape index (κ2) is 8.58. The average molecular weight is 479 g/mol. The Morgan fingerprint density at radius 3 is 2.50 bits per heavy atom. The van der Waals surface area contributed by atoms with E-state index in [1.807, 2.05) is 0 Å². The van der Waals surface area contributed by atoms with E-state index in [1.54, 1.807) is 0 Å². The van der Waals surface area contributed by atoms with Crippen LogP contribution in [0.4, 0.5) is 33.5 Å². The minimum absolute atomic E-state index is 0.0527. The molecule has 0 atom stereocenters. The molecule has 1 fully saturated rings. The maximum absolute atomic E-state index is 13.7. The van der Waals surface area contributed by atoms with Gasteiger partial charge in [-0.05, 0) is 18.6 Å². The second-order valence-electron chi connectivity index (χ2n) is 7.20. The number of hydrogen-bond donors (Lipinski definition) is 2. The Hall–Kier alpha value is -2.87. The first-order chi connectivity index (χ1) is 14.8. The molecule has 0 saturated carbocycles. The summed E-state index contributed by atoms with van der Waals surface area (Å²) in [6, 6.07) is 1.55. The molecule has 1 aliphatic heterocycles. The number of nitrogens with two attached hydrogens (primary N) is 1. The van der Waals surface area contributed by atoms with E-state index in [1.165, 1.54) is 4.90 Å². The normalized spacial score (nSPS) is 17.0. The van der Waals surface area contributed by atoms with E-state index in [2.05, 4.69) is 15.3 Å². The number of amides is 1. The molecule has 3 N–H and O–H groups in total. The highest BCUT2D eigenvalue weighted by molar-refractivity contribution is 7.89. The van der Waals surface area contributed by atoms with Crippen molar-refractivity contribution >= 4 is 27.4 Å². The Bertz CT molecular complexity index is 1120. The van der Waals surface area contributed by atoms with E-state index in [9.17, 15) is 35.2 Å². The number of halogens is 5. The summed E-state index contributed by atoms with van der Waals surface area (Å²) in [6.45, 7) is -0.148. The fraction of sp³-hybridized carbons (Fsp3) is 0.389. The van der Waals surface area contributed by atoms with Crippen molar-refractivity contribution in [1.29, 1.82) is 0 Å². The minimum Gasteiger partial charge on any atom is -0.356 e. The number of aromatic nitrogens is 2. The lowest BCUT2D eigenvalue weighted by molar-refractivity contribution is -0.137. The van der Waals surface area contributed by atoms with Crippen molar-refractivity contribution in [3.63, 3.8) is 0 Å². The van der Waals surface area contributed by atoms with Crippen LogP contribution < -0.4 is 15.4 Å². The Morgan fingerprint density at radius 1 is 1.12 bits per heavy atom. The summed E-state index contributed by atoms with van der Waals surface area (Å²) in [5, 5.41) is 7.27. The number of carbonyl (C=O) groups is 1. The van der Waals surface area contributed by atoms with Gasteiger partial charge in [-0.25, -0.2) is 27.3 Å². The van der Waals surface area contributed by atoms with Gasteiger partial charge in [0.05, 0.1) is 23.0 Å². The zero-order valence-corrected chi connectivity index (χ0v) is 17.2. The summed E-state index contributed by atoms with van der Waals surface area (Å²) < 4.78 is 90.0. The number of anilines is 2. The number of hydrogen-bond acceptors (Lipinski definition) is 6. The minimum atomic E-state index is -4.80. The molecule has 0 spiro atoms. The van der Waals surface area contributed by atoms with E-state index in [0.717, 1.165) is 18.5 Å². The smallest absolute Gasteiger partial charge is 0.356 e. The van der Waals surface area contributed by atoms with Crippen molar-refractivity contribution in [2.75, 3.05) is 23.3 Å². The lowest BCUT2D eigenvalue weighted by Crippen LogP contribution is -2.30. The molecule has 0 unspecified atom stereocenters. The predicted molar refractivity (Wildman–Crippen MR) is 104 cm³/mol. The first kappa shape index (κ1) is 23.8. The van der Waals surface area contributed by atoms with E-state index in [4.69, 9.17) is 5.14 Å². The standard InChI is InChI=1S/C18H18F5N5O3S/c19-17(20)2-1-4-28(5-3-17)15-14(6-11(8-26-15)18(21,22)23)16(29)27-12-7-13(10-25-9-12)32(24,30)31/h6-10H,1-5H2,(H,27,29)(H2,24,30,31). The first-order valence-corrected chi connectivity index (χ1v) is 10.8. The molecule has 3 heterocycles. The first-order valence-electron chi connectivity index (χ1n) is 9.25. The van der Waals surface area contributed by atoms with Crippen molar-refractivity contribution in [3.05, 3.63) is 41.9 Å². The Morgan fingerprint density at radius 2 is 1.84 bits per heavy atom. The van der Waals surface area contributed by atoms with Gasteiger partial charge in [0.15, 0.2) is 0 Å². The Kier molecular flexibility index (Phi) is 6.38. The van der Waals surface area contributed by atoms with Crippen LogP contribution in [0.3, 0.4) is 0 Å². The number of nitrogens with zero attached hydrogens (tertiary/aromatic N) is 3. The van der Waals surface area contributed by atoms with Gasteiger partial charge >= 0.3 is 6.18 Å². The SMILES string of the molecule is NS(=O)(=O)c1cncc(NC(=O)c2cc(C(F)(F)F)cnc2N2CCCC(F)(F)CC2)c1. The molecule has 1 saturated heterocycles. The highest BCUT2D eigenvalue weighted by atomic mass is 32.2. The molecule has 0 aromatic carbocycles. The van der Waals surface area contributed by atoms with Gasteiger partial charge in [-0.2, -0.15) is 13.2 Å². The molecule has 0 radical (unpaired) electrons. The van der Waals surface area contributed by atoms with Crippen LogP contribution in [0, 0.1) is 0 Å². The van der Waals surface area contributed by atoms with Gasteiger partial charge in [-0.3, -0.25) is 9.78 Å². The van der Waals surface area contributed by atoms with E-state index in [-0.39, 0.29) is 31.0 Å². The van der Waals surface area contributed by atoms with Gasteiger partial charge in [0.2, 0.25) is 15.9 Å². The molecule has 1 aliphatic rings. The van der Waals surface area contributed by atoms with Crippen molar-refractivity contribution in [2.45, 2.75) is 36.3 Å². The lowest BCUT2D eigenvalue weighted by Gasteiger charge is -2.24. The highest BCUT2D eigenvalue weighted by Crippen LogP contribution is 2.34. The number of rotatable bonds is 4. The van der Waals surface area contributed by atoms with Crippen molar-refractivity contribution in [1.82, 2.24) is 9.97 Å². The fourth-order valence-electron chi connectivity index (χ4n) is 3.15. The molecule has 8 nitrogen and oxygen atoms in total. The maximum Gasteiger partial charge on any atom is 0.417 e. The van der Waals surface area contributed by atoms with Gasteiger partial charge in [0.25, 0.3) is 5.91 Å². The van der Waals surface area contributed by atoms with Gasteiger partial charge < -0.3 is 10.2 Å². The Balaban J connectivity index is 1.98. The van der Waals surface area contributed by atoms with Crippen LogP contribution in [0.2, 0.25) is 0 Å². The van der Waals surface area contributed by atoms with Gasteiger partial charge in [-0.15, -0.1) is 0 Å². The van der Waals surface area contributed by atoms with Crippen LogP contribution >= 0.6 is 0 Å². The third-order valence-corrected chi connectivity index (χ3v) is 5.64. The molecular weight excluding hydrogens is 461 g/mol.